The molecule has 1 saturated heterocycles. The lowest BCUT2D eigenvalue weighted by atomic mass is 10.1. The van der Waals surface area contributed by atoms with E-state index in [1.807, 2.05) is 24.3 Å². The summed E-state index contributed by atoms with van der Waals surface area (Å²) in [6, 6.07) is 7.65. The van der Waals surface area contributed by atoms with Gasteiger partial charge in [0.1, 0.15) is 6.29 Å². The zero-order valence-corrected chi connectivity index (χ0v) is 10.3. The molecule has 2 rings (SSSR count). The van der Waals surface area contributed by atoms with Crippen molar-refractivity contribution in [1.82, 2.24) is 0 Å². The second kappa shape index (κ2) is 5.82. The van der Waals surface area contributed by atoms with Gasteiger partial charge in [0, 0.05) is 31.5 Å². The van der Waals surface area contributed by atoms with Gasteiger partial charge in [0.2, 0.25) is 0 Å². The van der Waals surface area contributed by atoms with Crippen LogP contribution in [0.15, 0.2) is 24.3 Å². The minimum Gasteiger partial charge on any atom is -0.376 e. The number of carbonyl (C=O) groups excluding carboxylic acids is 1. The van der Waals surface area contributed by atoms with Crippen LogP contribution in [0.3, 0.4) is 0 Å². The number of carbonyl (C=O) groups is 1. The average Bonchev–Trinajstić information content (AvgIpc) is 2.40. The highest BCUT2D eigenvalue weighted by atomic mass is 16.5. The zero-order chi connectivity index (χ0) is 12.1. The molecule has 0 radical (unpaired) electrons. The fraction of sp³-hybridized carbons (Fsp3) is 0.500. The Morgan fingerprint density at radius 1 is 1.35 bits per heavy atom. The highest BCUT2D eigenvalue weighted by molar-refractivity contribution is 5.75. The third kappa shape index (κ3) is 3.30. The standard InChI is InChI=1S/C14H19NO2/c1-15(10-14-4-2-3-9-17-14)13-7-5-12(11-16)6-8-13/h5-8,11,14H,2-4,9-10H2,1H3. The van der Waals surface area contributed by atoms with Gasteiger partial charge in [0.25, 0.3) is 0 Å². The van der Waals surface area contributed by atoms with Gasteiger partial charge in [-0.05, 0) is 43.5 Å². The van der Waals surface area contributed by atoms with Gasteiger partial charge in [0.15, 0.2) is 0 Å². The van der Waals surface area contributed by atoms with Gasteiger partial charge < -0.3 is 9.64 Å². The predicted molar refractivity (Wildman–Crippen MR) is 68.7 cm³/mol. The Balaban J connectivity index is 1.93. The number of aldehydes is 1. The van der Waals surface area contributed by atoms with Crippen LogP contribution < -0.4 is 4.90 Å². The molecule has 1 atom stereocenters. The van der Waals surface area contributed by atoms with Crippen molar-refractivity contribution in [1.29, 1.82) is 0 Å². The van der Waals surface area contributed by atoms with E-state index in [1.165, 1.54) is 12.8 Å². The van der Waals surface area contributed by atoms with Crippen molar-refractivity contribution in [2.45, 2.75) is 25.4 Å². The Morgan fingerprint density at radius 2 is 2.12 bits per heavy atom. The van der Waals surface area contributed by atoms with Gasteiger partial charge in [-0.25, -0.2) is 0 Å². The second-order valence-electron chi connectivity index (χ2n) is 4.58. The molecule has 0 saturated carbocycles. The normalized spacial score (nSPS) is 19.9. The Bertz CT molecular complexity index is 355. The highest BCUT2D eigenvalue weighted by Crippen LogP contribution is 2.18. The molecule has 3 nitrogen and oxygen atoms in total. The Labute approximate surface area is 102 Å². The summed E-state index contributed by atoms with van der Waals surface area (Å²) in [6.45, 7) is 1.81. The van der Waals surface area contributed by atoms with Crippen molar-refractivity contribution in [2.24, 2.45) is 0 Å². The summed E-state index contributed by atoms with van der Waals surface area (Å²) in [5, 5.41) is 0. The van der Waals surface area contributed by atoms with Crippen LogP contribution in [0.5, 0.6) is 0 Å². The maximum atomic E-state index is 10.6. The Kier molecular flexibility index (Phi) is 4.15. The van der Waals surface area contributed by atoms with Crippen molar-refractivity contribution >= 4 is 12.0 Å². The molecule has 0 aliphatic carbocycles. The lowest BCUT2D eigenvalue weighted by Gasteiger charge is -2.28. The molecular weight excluding hydrogens is 214 g/mol. The first kappa shape index (κ1) is 12.1. The van der Waals surface area contributed by atoms with Gasteiger partial charge in [-0.3, -0.25) is 4.79 Å². The first-order valence-corrected chi connectivity index (χ1v) is 6.17. The largest absolute Gasteiger partial charge is 0.376 e. The molecule has 1 aliphatic heterocycles. The third-order valence-corrected chi connectivity index (χ3v) is 3.22. The lowest BCUT2D eigenvalue weighted by molar-refractivity contribution is 0.0216. The molecule has 17 heavy (non-hydrogen) atoms. The molecular formula is C14H19NO2. The number of benzene rings is 1. The molecule has 0 spiro atoms. The number of rotatable bonds is 4. The van der Waals surface area contributed by atoms with E-state index >= 15 is 0 Å². The van der Waals surface area contributed by atoms with Crippen molar-refractivity contribution in [3.05, 3.63) is 29.8 Å². The van der Waals surface area contributed by atoms with Crippen molar-refractivity contribution in [2.75, 3.05) is 25.1 Å². The summed E-state index contributed by atoms with van der Waals surface area (Å²) in [7, 11) is 2.06. The number of hydrogen-bond donors (Lipinski definition) is 0. The van der Waals surface area contributed by atoms with Crippen molar-refractivity contribution in [3.8, 4) is 0 Å². The van der Waals surface area contributed by atoms with Crippen molar-refractivity contribution < 1.29 is 9.53 Å². The Hall–Kier alpha value is -1.35. The van der Waals surface area contributed by atoms with Gasteiger partial charge in [-0.1, -0.05) is 0 Å². The summed E-state index contributed by atoms with van der Waals surface area (Å²) in [4.78, 5) is 12.8. The number of likely N-dealkylation sites (N-methyl/N-ethyl adjacent to an activating group) is 1. The predicted octanol–water partition coefficient (Wildman–Crippen LogP) is 2.50. The number of hydrogen-bond acceptors (Lipinski definition) is 3. The summed E-state index contributed by atoms with van der Waals surface area (Å²) in [5.74, 6) is 0. The van der Waals surface area contributed by atoms with Crippen LogP contribution in [-0.4, -0.2) is 32.6 Å². The van der Waals surface area contributed by atoms with Gasteiger partial charge in [0.05, 0.1) is 6.10 Å². The molecule has 0 N–H and O–H groups in total. The van der Waals surface area contributed by atoms with Crippen LogP contribution in [-0.2, 0) is 4.74 Å². The van der Waals surface area contributed by atoms with E-state index in [-0.39, 0.29) is 0 Å². The first-order valence-electron chi connectivity index (χ1n) is 6.17. The molecule has 1 aromatic carbocycles. The summed E-state index contributed by atoms with van der Waals surface area (Å²) in [6.07, 6.45) is 4.82. The van der Waals surface area contributed by atoms with Crippen LogP contribution >= 0.6 is 0 Å². The molecule has 1 aliphatic rings. The van der Waals surface area contributed by atoms with E-state index in [4.69, 9.17) is 4.74 Å². The van der Waals surface area contributed by atoms with Gasteiger partial charge >= 0.3 is 0 Å². The summed E-state index contributed by atoms with van der Waals surface area (Å²) >= 11 is 0. The van der Waals surface area contributed by atoms with E-state index in [9.17, 15) is 4.79 Å². The van der Waals surface area contributed by atoms with Crippen molar-refractivity contribution in [3.63, 3.8) is 0 Å². The van der Waals surface area contributed by atoms with Crippen LogP contribution in [0.2, 0.25) is 0 Å². The van der Waals surface area contributed by atoms with E-state index in [2.05, 4.69) is 11.9 Å². The number of nitrogens with zero attached hydrogens (tertiary/aromatic N) is 1. The van der Waals surface area contributed by atoms with E-state index in [0.29, 0.717) is 6.10 Å². The number of ether oxygens (including phenoxy) is 1. The maximum absolute atomic E-state index is 10.6. The molecule has 3 heteroatoms. The monoisotopic (exact) mass is 233 g/mol. The number of anilines is 1. The van der Waals surface area contributed by atoms with E-state index in [0.717, 1.165) is 37.1 Å². The summed E-state index contributed by atoms with van der Waals surface area (Å²) < 4.78 is 5.72. The fourth-order valence-corrected chi connectivity index (χ4v) is 2.17. The minimum absolute atomic E-state index is 0.347. The highest BCUT2D eigenvalue weighted by Gasteiger charge is 2.15. The first-order chi connectivity index (χ1) is 8.29. The topological polar surface area (TPSA) is 29.5 Å². The fourth-order valence-electron chi connectivity index (χ4n) is 2.17. The Morgan fingerprint density at radius 3 is 2.71 bits per heavy atom. The average molecular weight is 233 g/mol. The lowest BCUT2D eigenvalue weighted by Crippen LogP contribution is -2.33. The third-order valence-electron chi connectivity index (χ3n) is 3.22. The van der Waals surface area contributed by atoms with Gasteiger partial charge in [-0.15, -0.1) is 0 Å². The van der Waals surface area contributed by atoms with E-state index < -0.39 is 0 Å². The van der Waals surface area contributed by atoms with Crippen LogP contribution in [0.4, 0.5) is 5.69 Å². The molecule has 1 aromatic rings. The summed E-state index contributed by atoms with van der Waals surface area (Å²) in [5.41, 5.74) is 1.85. The molecule has 0 bridgehead atoms. The maximum Gasteiger partial charge on any atom is 0.150 e. The quantitative estimate of drug-likeness (QED) is 0.748. The van der Waals surface area contributed by atoms with Crippen LogP contribution in [0.1, 0.15) is 29.6 Å². The smallest absolute Gasteiger partial charge is 0.150 e. The molecule has 0 amide bonds. The second-order valence-corrected chi connectivity index (χ2v) is 4.58. The molecule has 1 heterocycles. The molecule has 1 fully saturated rings. The molecule has 92 valence electrons. The SMILES string of the molecule is CN(CC1CCCCO1)c1ccc(C=O)cc1. The van der Waals surface area contributed by atoms with E-state index in [1.54, 1.807) is 0 Å². The van der Waals surface area contributed by atoms with Crippen LogP contribution in [0, 0.1) is 0 Å². The zero-order valence-electron chi connectivity index (χ0n) is 10.3. The molecule has 0 aromatic heterocycles. The molecule has 1 unspecified atom stereocenters. The van der Waals surface area contributed by atoms with Gasteiger partial charge in [-0.2, -0.15) is 0 Å². The minimum atomic E-state index is 0.347. The van der Waals surface area contributed by atoms with Crippen LogP contribution in [0.25, 0.3) is 0 Å².